The topological polar surface area (TPSA) is 113 Å². The number of aromatic amines is 1. The van der Waals surface area contributed by atoms with E-state index in [0.29, 0.717) is 0 Å². The maximum absolute atomic E-state index is 12.3. The first-order chi connectivity index (χ1) is 8.73. The normalized spacial score (nSPS) is 13.7. The number of hydrogen-bond donors (Lipinski definition) is 2. The number of aromatic carboxylic acids is 1. The summed E-state index contributed by atoms with van der Waals surface area (Å²) in [5, 5.41) is 14.5. The van der Waals surface area contributed by atoms with Gasteiger partial charge < -0.3 is 9.84 Å². The van der Waals surface area contributed by atoms with Crippen molar-refractivity contribution in [2.45, 2.75) is 24.9 Å². The van der Waals surface area contributed by atoms with E-state index in [9.17, 15) is 13.2 Å². The van der Waals surface area contributed by atoms with E-state index in [0.717, 1.165) is 4.31 Å². The Morgan fingerprint density at radius 3 is 2.63 bits per heavy atom. The summed E-state index contributed by atoms with van der Waals surface area (Å²) in [7, 11) is -1.17. The monoisotopic (exact) mass is 291 g/mol. The molecule has 0 saturated heterocycles. The molecule has 8 nitrogen and oxygen atoms in total. The van der Waals surface area contributed by atoms with Crippen LogP contribution in [-0.4, -0.2) is 60.8 Å². The molecule has 0 aliphatic heterocycles. The Labute approximate surface area is 111 Å². The van der Waals surface area contributed by atoms with Crippen molar-refractivity contribution in [3.05, 3.63) is 11.3 Å². The van der Waals surface area contributed by atoms with Crippen molar-refractivity contribution in [3.63, 3.8) is 0 Å². The number of carboxylic acid groups (broad SMARTS) is 1. The third-order valence-electron chi connectivity index (χ3n) is 2.78. The second-order valence-electron chi connectivity index (χ2n) is 4.16. The molecule has 1 unspecified atom stereocenters. The molecule has 19 heavy (non-hydrogen) atoms. The van der Waals surface area contributed by atoms with Gasteiger partial charge in [-0.1, -0.05) is 0 Å². The van der Waals surface area contributed by atoms with Gasteiger partial charge in [0.15, 0.2) is 0 Å². The summed E-state index contributed by atoms with van der Waals surface area (Å²) < 4.78 is 30.6. The van der Waals surface area contributed by atoms with Crippen molar-refractivity contribution in [2.75, 3.05) is 20.8 Å². The summed E-state index contributed by atoms with van der Waals surface area (Å²) in [6, 6.07) is -0.436. The fourth-order valence-electron chi connectivity index (χ4n) is 1.56. The number of nitrogens with zero attached hydrogens (tertiary/aromatic N) is 2. The molecule has 0 bridgehead atoms. The van der Waals surface area contributed by atoms with E-state index in [1.165, 1.54) is 21.1 Å². The summed E-state index contributed by atoms with van der Waals surface area (Å²) in [5.74, 6) is -1.34. The molecule has 0 fully saturated rings. The van der Waals surface area contributed by atoms with Crippen LogP contribution in [0.4, 0.5) is 0 Å². The second-order valence-corrected chi connectivity index (χ2v) is 6.07. The maximum atomic E-state index is 12.3. The first-order valence-electron chi connectivity index (χ1n) is 5.48. The third-order valence-corrected chi connectivity index (χ3v) is 4.68. The molecule has 1 rings (SSSR count). The quantitative estimate of drug-likeness (QED) is 0.767. The van der Waals surface area contributed by atoms with Crippen molar-refractivity contribution in [3.8, 4) is 0 Å². The highest BCUT2D eigenvalue weighted by atomic mass is 32.2. The van der Waals surface area contributed by atoms with Crippen LogP contribution in [0.25, 0.3) is 0 Å². The zero-order chi connectivity index (χ0) is 14.8. The SMILES string of the molecule is COCC(C)N(C)S(=O)(=O)c1n[nH]c(C)c1C(=O)O. The van der Waals surface area contributed by atoms with E-state index in [1.807, 2.05) is 0 Å². The van der Waals surface area contributed by atoms with Gasteiger partial charge in [-0.2, -0.15) is 9.40 Å². The van der Waals surface area contributed by atoms with Crippen LogP contribution in [-0.2, 0) is 14.8 Å². The van der Waals surface area contributed by atoms with Gasteiger partial charge in [0.25, 0.3) is 10.0 Å². The molecule has 108 valence electrons. The summed E-state index contributed by atoms with van der Waals surface area (Å²) in [5.41, 5.74) is -0.143. The third kappa shape index (κ3) is 2.94. The van der Waals surface area contributed by atoms with Gasteiger partial charge in [-0.25, -0.2) is 13.2 Å². The molecule has 1 heterocycles. The van der Waals surface area contributed by atoms with E-state index in [-0.39, 0.29) is 17.9 Å². The summed E-state index contributed by atoms with van der Waals surface area (Å²) in [6.45, 7) is 3.30. The smallest absolute Gasteiger partial charge is 0.340 e. The summed E-state index contributed by atoms with van der Waals surface area (Å²) >= 11 is 0. The molecule has 9 heteroatoms. The van der Waals surface area contributed by atoms with E-state index < -0.39 is 27.1 Å². The van der Waals surface area contributed by atoms with Crippen molar-refractivity contribution in [2.24, 2.45) is 0 Å². The van der Waals surface area contributed by atoms with Gasteiger partial charge in [-0.3, -0.25) is 5.10 Å². The van der Waals surface area contributed by atoms with Crippen LogP contribution >= 0.6 is 0 Å². The zero-order valence-corrected chi connectivity index (χ0v) is 12.0. The predicted octanol–water partition coefficient (Wildman–Crippen LogP) is 0.0717. The van der Waals surface area contributed by atoms with Crippen LogP contribution in [0.5, 0.6) is 0 Å². The molecule has 0 aliphatic rings. The number of nitrogens with one attached hydrogen (secondary N) is 1. The van der Waals surface area contributed by atoms with E-state index in [1.54, 1.807) is 6.92 Å². The zero-order valence-electron chi connectivity index (χ0n) is 11.2. The van der Waals surface area contributed by atoms with Crippen LogP contribution in [0.2, 0.25) is 0 Å². The Bertz CT molecular complexity index is 566. The first-order valence-corrected chi connectivity index (χ1v) is 6.92. The van der Waals surface area contributed by atoms with Crippen LogP contribution in [0, 0.1) is 6.92 Å². The molecular weight excluding hydrogens is 274 g/mol. The standard InChI is InChI=1S/C10H17N3O5S/c1-6(5-18-4)13(3)19(16,17)9-8(10(14)15)7(2)11-12-9/h6H,5H2,1-4H3,(H,11,12)(H,14,15). The number of aromatic nitrogens is 2. The minimum atomic E-state index is -3.99. The first kappa shape index (κ1) is 15.6. The number of hydrogen-bond acceptors (Lipinski definition) is 5. The summed E-state index contributed by atoms with van der Waals surface area (Å²) in [6.07, 6.45) is 0. The van der Waals surface area contributed by atoms with Crippen molar-refractivity contribution < 1.29 is 23.1 Å². The Morgan fingerprint density at radius 1 is 1.58 bits per heavy atom. The molecular formula is C10H17N3O5S. The molecule has 0 aliphatic carbocycles. The lowest BCUT2D eigenvalue weighted by Gasteiger charge is -2.22. The number of carbonyl (C=O) groups is 1. The van der Waals surface area contributed by atoms with Crippen molar-refractivity contribution >= 4 is 16.0 Å². The highest BCUT2D eigenvalue weighted by molar-refractivity contribution is 7.89. The fourth-order valence-corrected chi connectivity index (χ4v) is 3.03. The minimum absolute atomic E-state index is 0.193. The summed E-state index contributed by atoms with van der Waals surface area (Å²) in [4.78, 5) is 11.1. The number of ether oxygens (including phenoxy) is 1. The molecule has 1 aromatic rings. The number of H-pyrrole nitrogens is 1. The molecule has 2 N–H and O–H groups in total. The molecule has 0 aromatic carbocycles. The highest BCUT2D eigenvalue weighted by Gasteiger charge is 2.33. The van der Waals surface area contributed by atoms with Gasteiger partial charge in [-0.15, -0.1) is 0 Å². The average molecular weight is 291 g/mol. The maximum Gasteiger partial charge on any atom is 0.340 e. The molecule has 0 amide bonds. The van der Waals surface area contributed by atoms with Crippen molar-refractivity contribution in [1.29, 1.82) is 0 Å². The van der Waals surface area contributed by atoms with E-state index >= 15 is 0 Å². The Balaban J connectivity index is 3.25. The number of methoxy groups -OCH3 is 1. The van der Waals surface area contributed by atoms with Gasteiger partial charge in [0, 0.05) is 25.9 Å². The van der Waals surface area contributed by atoms with Crippen LogP contribution in [0.1, 0.15) is 23.0 Å². The predicted molar refractivity (Wildman–Crippen MR) is 66.6 cm³/mol. The highest BCUT2D eigenvalue weighted by Crippen LogP contribution is 2.21. The number of sulfonamides is 1. The number of rotatable bonds is 6. The Morgan fingerprint density at radius 2 is 2.16 bits per heavy atom. The molecule has 0 radical (unpaired) electrons. The van der Waals surface area contributed by atoms with Gasteiger partial charge >= 0.3 is 5.97 Å². The van der Waals surface area contributed by atoms with Crippen LogP contribution in [0.15, 0.2) is 5.03 Å². The van der Waals surface area contributed by atoms with Gasteiger partial charge in [0.1, 0.15) is 5.56 Å². The van der Waals surface area contributed by atoms with Gasteiger partial charge in [0.05, 0.1) is 6.61 Å². The Kier molecular flexibility index (Phi) is 4.66. The van der Waals surface area contributed by atoms with Crippen molar-refractivity contribution in [1.82, 2.24) is 14.5 Å². The molecule has 1 atom stereocenters. The lowest BCUT2D eigenvalue weighted by Crippen LogP contribution is -2.38. The second kappa shape index (κ2) is 5.68. The molecule has 0 saturated carbocycles. The number of carboxylic acids is 1. The largest absolute Gasteiger partial charge is 0.478 e. The van der Waals surface area contributed by atoms with E-state index in [2.05, 4.69) is 10.2 Å². The number of aryl methyl sites for hydroxylation is 1. The lowest BCUT2D eigenvalue weighted by atomic mass is 10.3. The van der Waals surface area contributed by atoms with Gasteiger partial charge in [0.2, 0.25) is 5.03 Å². The fraction of sp³-hybridized carbons (Fsp3) is 0.600. The molecule has 1 aromatic heterocycles. The van der Waals surface area contributed by atoms with Crippen LogP contribution in [0.3, 0.4) is 0 Å². The lowest BCUT2D eigenvalue weighted by molar-refractivity contribution is 0.0691. The molecule has 0 spiro atoms. The number of likely N-dealkylation sites (N-methyl/N-ethyl adjacent to an activating group) is 1. The van der Waals surface area contributed by atoms with Crippen LogP contribution < -0.4 is 0 Å². The van der Waals surface area contributed by atoms with Gasteiger partial charge in [-0.05, 0) is 13.8 Å². The average Bonchev–Trinajstić information content (AvgIpc) is 2.71. The van der Waals surface area contributed by atoms with E-state index in [4.69, 9.17) is 9.84 Å². The Hall–Kier alpha value is -1.45. The minimum Gasteiger partial charge on any atom is -0.478 e.